The standard InChI is InChI=1S/C17H17BrO2/c1-13(17(19)15-7-9-16(18)10-8-15)20-12-11-14-5-3-2-4-6-14/h2-10,13H,11-12H2,1H3. The van der Waals surface area contributed by atoms with Crippen LogP contribution in [0.1, 0.15) is 22.8 Å². The number of benzene rings is 2. The molecular weight excluding hydrogens is 316 g/mol. The minimum Gasteiger partial charge on any atom is -0.370 e. The molecule has 3 heteroatoms. The summed E-state index contributed by atoms with van der Waals surface area (Å²) < 4.78 is 6.60. The number of carbonyl (C=O) groups excluding carboxylic acids is 1. The Kier molecular flexibility index (Phi) is 5.50. The van der Waals surface area contributed by atoms with E-state index >= 15 is 0 Å². The minimum atomic E-state index is -0.417. The van der Waals surface area contributed by atoms with Crippen molar-refractivity contribution >= 4 is 21.7 Å². The summed E-state index contributed by atoms with van der Waals surface area (Å²) in [4.78, 5) is 12.2. The molecule has 1 unspecified atom stereocenters. The number of halogens is 1. The van der Waals surface area contributed by atoms with Gasteiger partial charge >= 0.3 is 0 Å². The molecule has 0 fully saturated rings. The van der Waals surface area contributed by atoms with Crippen LogP contribution in [-0.4, -0.2) is 18.5 Å². The summed E-state index contributed by atoms with van der Waals surface area (Å²) in [5.41, 5.74) is 1.90. The van der Waals surface area contributed by atoms with Gasteiger partial charge in [-0.3, -0.25) is 4.79 Å². The van der Waals surface area contributed by atoms with Crippen LogP contribution < -0.4 is 0 Å². The van der Waals surface area contributed by atoms with Crippen molar-refractivity contribution in [3.05, 3.63) is 70.2 Å². The smallest absolute Gasteiger partial charge is 0.191 e. The van der Waals surface area contributed by atoms with Gasteiger partial charge in [0.2, 0.25) is 0 Å². The lowest BCUT2D eigenvalue weighted by Gasteiger charge is -2.12. The van der Waals surface area contributed by atoms with E-state index in [1.807, 2.05) is 42.5 Å². The number of ketones is 1. The van der Waals surface area contributed by atoms with Crippen molar-refractivity contribution in [2.75, 3.05) is 6.61 Å². The largest absolute Gasteiger partial charge is 0.370 e. The molecule has 0 aliphatic carbocycles. The summed E-state index contributed by atoms with van der Waals surface area (Å²) in [6.45, 7) is 2.35. The summed E-state index contributed by atoms with van der Waals surface area (Å²) >= 11 is 3.36. The van der Waals surface area contributed by atoms with Gasteiger partial charge in [0.15, 0.2) is 5.78 Å². The Bertz CT molecular complexity index is 549. The fraction of sp³-hybridized carbons (Fsp3) is 0.235. The van der Waals surface area contributed by atoms with E-state index in [-0.39, 0.29) is 5.78 Å². The molecule has 0 amide bonds. The maximum Gasteiger partial charge on any atom is 0.191 e. The summed E-state index contributed by atoms with van der Waals surface area (Å²) in [7, 11) is 0. The van der Waals surface area contributed by atoms with E-state index < -0.39 is 6.10 Å². The number of rotatable bonds is 6. The molecule has 0 saturated carbocycles. The van der Waals surface area contributed by atoms with Gasteiger partial charge in [-0.15, -0.1) is 0 Å². The van der Waals surface area contributed by atoms with Gasteiger partial charge in [-0.25, -0.2) is 0 Å². The highest BCUT2D eigenvalue weighted by Crippen LogP contribution is 2.13. The third-order valence-corrected chi connectivity index (χ3v) is 3.63. The van der Waals surface area contributed by atoms with Crippen molar-refractivity contribution in [3.8, 4) is 0 Å². The van der Waals surface area contributed by atoms with Crippen molar-refractivity contribution < 1.29 is 9.53 Å². The van der Waals surface area contributed by atoms with E-state index in [0.29, 0.717) is 12.2 Å². The van der Waals surface area contributed by atoms with Gasteiger partial charge in [0, 0.05) is 10.0 Å². The topological polar surface area (TPSA) is 26.3 Å². The molecule has 0 heterocycles. The predicted molar refractivity (Wildman–Crippen MR) is 84.0 cm³/mol. The molecule has 2 aromatic rings. The van der Waals surface area contributed by atoms with Crippen LogP contribution in [0.4, 0.5) is 0 Å². The summed E-state index contributed by atoms with van der Waals surface area (Å²) in [6.07, 6.45) is 0.401. The van der Waals surface area contributed by atoms with Crippen molar-refractivity contribution in [1.29, 1.82) is 0 Å². The van der Waals surface area contributed by atoms with Crippen LogP contribution in [0.2, 0.25) is 0 Å². The average Bonchev–Trinajstić information content (AvgIpc) is 2.48. The van der Waals surface area contributed by atoms with E-state index in [2.05, 4.69) is 28.1 Å². The average molecular weight is 333 g/mol. The molecule has 0 radical (unpaired) electrons. The molecule has 0 aliphatic rings. The van der Waals surface area contributed by atoms with Gasteiger partial charge in [0.05, 0.1) is 6.61 Å². The third-order valence-electron chi connectivity index (χ3n) is 3.10. The molecule has 0 saturated heterocycles. The predicted octanol–water partition coefficient (Wildman–Crippen LogP) is 4.28. The molecule has 0 aromatic heterocycles. The Morgan fingerprint density at radius 3 is 2.40 bits per heavy atom. The van der Waals surface area contributed by atoms with Crippen molar-refractivity contribution in [3.63, 3.8) is 0 Å². The zero-order valence-electron chi connectivity index (χ0n) is 11.4. The lowest BCUT2D eigenvalue weighted by Crippen LogP contribution is -2.22. The van der Waals surface area contributed by atoms with Crippen LogP contribution in [0.15, 0.2) is 59.1 Å². The van der Waals surface area contributed by atoms with Crippen LogP contribution in [-0.2, 0) is 11.2 Å². The molecule has 20 heavy (non-hydrogen) atoms. The first-order valence-electron chi connectivity index (χ1n) is 6.62. The van der Waals surface area contributed by atoms with Crippen molar-refractivity contribution in [2.45, 2.75) is 19.4 Å². The van der Waals surface area contributed by atoms with Crippen LogP contribution in [0, 0.1) is 0 Å². The first kappa shape index (κ1) is 14.9. The Morgan fingerprint density at radius 2 is 1.75 bits per heavy atom. The second-order valence-corrected chi connectivity index (χ2v) is 5.54. The first-order chi connectivity index (χ1) is 9.66. The van der Waals surface area contributed by atoms with Gasteiger partial charge < -0.3 is 4.74 Å². The molecular formula is C17H17BrO2. The number of hydrogen-bond acceptors (Lipinski definition) is 2. The SMILES string of the molecule is CC(OCCc1ccccc1)C(=O)c1ccc(Br)cc1. The molecule has 2 rings (SSSR count). The highest BCUT2D eigenvalue weighted by molar-refractivity contribution is 9.10. The first-order valence-corrected chi connectivity index (χ1v) is 7.41. The van der Waals surface area contributed by atoms with Crippen LogP contribution in [0.25, 0.3) is 0 Å². The summed E-state index contributed by atoms with van der Waals surface area (Å²) in [5.74, 6) is 0.0190. The number of ether oxygens (including phenoxy) is 1. The Labute approximate surface area is 127 Å². The van der Waals surface area contributed by atoms with Crippen LogP contribution in [0.5, 0.6) is 0 Å². The molecule has 1 atom stereocenters. The molecule has 104 valence electrons. The van der Waals surface area contributed by atoms with Crippen LogP contribution in [0.3, 0.4) is 0 Å². The normalized spacial score (nSPS) is 12.1. The Morgan fingerprint density at radius 1 is 1.10 bits per heavy atom. The lowest BCUT2D eigenvalue weighted by molar-refractivity contribution is 0.0487. The second-order valence-electron chi connectivity index (χ2n) is 4.62. The van der Waals surface area contributed by atoms with Gasteiger partial charge in [0.25, 0.3) is 0 Å². The van der Waals surface area contributed by atoms with E-state index in [4.69, 9.17) is 4.74 Å². The maximum absolute atomic E-state index is 12.2. The fourth-order valence-electron chi connectivity index (χ4n) is 1.92. The van der Waals surface area contributed by atoms with E-state index in [9.17, 15) is 4.79 Å². The maximum atomic E-state index is 12.2. The highest BCUT2D eigenvalue weighted by atomic mass is 79.9. The molecule has 0 N–H and O–H groups in total. The molecule has 0 aliphatic heterocycles. The summed E-state index contributed by atoms with van der Waals surface area (Å²) in [5, 5.41) is 0. The number of hydrogen-bond donors (Lipinski definition) is 0. The number of carbonyl (C=O) groups is 1. The lowest BCUT2D eigenvalue weighted by atomic mass is 10.1. The van der Waals surface area contributed by atoms with E-state index in [1.165, 1.54) is 5.56 Å². The van der Waals surface area contributed by atoms with Gasteiger partial charge in [-0.1, -0.05) is 58.4 Å². The minimum absolute atomic E-state index is 0.0190. The van der Waals surface area contributed by atoms with Crippen LogP contribution >= 0.6 is 15.9 Å². The molecule has 2 nitrogen and oxygen atoms in total. The second kappa shape index (κ2) is 7.36. The fourth-order valence-corrected chi connectivity index (χ4v) is 2.19. The molecule has 0 bridgehead atoms. The number of Topliss-reactive ketones (excluding diaryl/α,β-unsaturated/α-hetero) is 1. The van der Waals surface area contributed by atoms with Gasteiger partial charge in [0.1, 0.15) is 6.10 Å². The highest BCUT2D eigenvalue weighted by Gasteiger charge is 2.15. The van der Waals surface area contributed by atoms with Gasteiger partial charge in [-0.05, 0) is 31.0 Å². The molecule has 2 aromatic carbocycles. The van der Waals surface area contributed by atoms with Gasteiger partial charge in [-0.2, -0.15) is 0 Å². The monoisotopic (exact) mass is 332 g/mol. The molecule has 0 spiro atoms. The van der Waals surface area contributed by atoms with E-state index in [0.717, 1.165) is 10.9 Å². The third kappa shape index (κ3) is 4.29. The van der Waals surface area contributed by atoms with Crippen molar-refractivity contribution in [2.24, 2.45) is 0 Å². The quantitative estimate of drug-likeness (QED) is 0.738. The zero-order valence-corrected chi connectivity index (χ0v) is 13.0. The Hall–Kier alpha value is -1.45. The van der Waals surface area contributed by atoms with E-state index in [1.54, 1.807) is 6.92 Å². The Balaban J connectivity index is 1.84. The van der Waals surface area contributed by atoms with Crippen molar-refractivity contribution in [1.82, 2.24) is 0 Å². The zero-order chi connectivity index (χ0) is 14.4. The summed E-state index contributed by atoms with van der Waals surface area (Å²) in [6, 6.07) is 17.5.